The van der Waals surface area contributed by atoms with Crippen LogP contribution in [0, 0.1) is 28.6 Å². The van der Waals surface area contributed by atoms with Gasteiger partial charge >= 0.3 is 0 Å². The average Bonchev–Trinajstić information content (AvgIpc) is 3.41. The first-order valence-corrected chi connectivity index (χ1v) is 21.4. The topological polar surface area (TPSA) is 101 Å². The number of ketones is 1. The molecule has 0 radical (unpaired) electrons. The Hall–Kier alpha value is -3.13. The summed E-state index contributed by atoms with van der Waals surface area (Å²) in [5, 5.41) is 45.3. The van der Waals surface area contributed by atoms with Gasteiger partial charge in [0.05, 0.1) is 24.4 Å². The second-order valence-corrected chi connectivity index (χ2v) is 19.1. The van der Waals surface area contributed by atoms with E-state index < -0.39 is 23.2 Å². The third kappa shape index (κ3) is 7.92. The molecule has 7 aliphatic rings. The van der Waals surface area contributed by atoms with Crippen molar-refractivity contribution in [2.45, 2.75) is 121 Å². The van der Waals surface area contributed by atoms with Crippen LogP contribution in [-0.4, -0.2) is 75.2 Å². The Morgan fingerprint density at radius 3 is 2.22 bits per heavy atom. The van der Waals surface area contributed by atoms with Gasteiger partial charge < -0.3 is 20.4 Å². The molecule has 0 aromatic heterocycles. The molecule has 55 heavy (non-hydrogen) atoms. The molecule has 6 heteroatoms. The molecule has 3 aromatic rings. The number of hydrogen-bond donors (Lipinski definition) is 4. The van der Waals surface area contributed by atoms with Gasteiger partial charge in [0.1, 0.15) is 0 Å². The predicted octanol–water partition coefficient (Wildman–Crippen LogP) is 8.49. The molecule has 0 heterocycles. The van der Waals surface area contributed by atoms with Crippen LogP contribution in [-0.2, 0) is 6.42 Å². The monoisotopic (exact) mass is 745 g/mol. The number of fused-ring (bicyclic) bond motifs is 8. The molecule has 294 valence electrons. The molecule has 5 fully saturated rings. The quantitative estimate of drug-likeness (QED) is 0.123. The van der Waals surface area contributed by atoms with E-state index in [2.05, 4.69) is 49.1 Å². The lowest BCUT2D eigenvalue weighted by Crippen LogP contribution is -2.57. The molecule has 3 aromatic carbocycles. The van der Waals surface area contributed by atoms with Gasteiger partial charge in [-0.1, -0.05) is 85.3 Å². The second kappa shape index (κ2) is 15.7. The minimum Gasteiger partial charge on any atom is -0.394 e. The van der Waals surface area contributed by atoms with Crippen molar-refractivity contribution in [3.63, 3.8) is 0 Å². The van der Waals surface area contributed by atoms with Crippen LogP contribution in [0.2, 0.25) is 0 Å². The van der Waals surface area contributed by atoms with Gasteiger partial charge in [-0.25, -0.2) is 0 Å². The van der Waals surface area contributed by atoms with Crippen LogP contribution in [0.3, 0.4) is 0 Å². The summed E-state index contributed by atoms with van der Waals surface area (Å²) in [6.45, 7) is 5.76. The highest BCUT2D eigenvalue weighted by molar-refractivity contribution is 6.10. The van der Waals surface area contributed by atoms with E-state index in [-0.39, 0.29) is 23.7 Å². The van der Waals surface area contributed by atoms with E-state index in [0.717, 1.165) is 72.2 Å². The maximum Gasteiger partial charge on any atom is 0.193 e. The van der Waals surface area contributed by atoms with E-state index >= 15 is 0 Å². The van der Waals surface area contributed by atoms with Crippen molar-refractivity contribution in [2.75, 3.05) is 26.2 Å². The lowest BCUT2D eigenvalue weighted by atomic mass is 9.49. The van der Waals surface area contributed by atoms with Gasteiger partial charge in [0.25, 0.3) is 0 Å². The highest BCUT2D eigenvalue weighted by Gasteiger charge is 2.58. The van der Waals surface area contributed by atoms with Crippen molar-refractivity contribution >= 4 is 5.78 Å². The highest BCUT2D eigenvalue weighted by Crippen LogP contribution is 2.62. The van der Waals surface area contributed by atoms with Crippen LogP contribution in [0.25, 0.3) is 11.1 Å². The normalized spacial score (nSPS) is 33.7. The smallest absolute Gasteiger partial charge is 0.193 e. The van der Waals surface area contributed by atoms with Gasteiger partial charge in [0.15, 0.2) is 5.78 Å². The molecule has 0 aliphatic heterocycles. The number of aliphatic hydroxyl groups excluding tert-OH is 3. The Bertz CT molecular complexity index is 1820. The summed E-state index contributed by atoms with van der Waals surface area (Å²) in [7, 11) is 0. The maximum absolute atomic E-state index is 14.7. The average molecular weight is 746 g/mol. The molecule has 0 unspecified atom stereocenters. The standard InChI is InChI=1S/C49H63NO5/c1-33-7-6-19-47(2)45(18-20-49(47,55)32-50(29-42(53)30-51)31-48-26-35-21-36(27-48)23-37(22-35)28-48)43-17-11-34(24-41(52)16-10-33)25-44(43)46(54)40-14-12-39(13-15-40)38-8-4-3-5-9-38/h3-5,7-9,11-15,17,25,35-37,41-42,45,51-53,55H,6,10,16,18-24,26-32H2,1-2H3/t35?,36?,37?,41-,42-,45-,47-,48?,49+/m0/s1. The van der Waals surface area contributed by atoms with Crippen molar-refractivity contribution in [3.8, 4) is 11.1 Å². The summed E-state index contributed by atoms with van der Waals surface area (Å²) in [5.41, 5.74) is 5.25. The van der Waals surface area contributed by atoms with Gasteiger partial charge in [0.2, 0.25) is 0 Å². The molecule has 0 amide bonds. The molecule has 5 saturated carbocycles. The molecular formula is C49H63NO5. The molecule has 0 spiro atoms. The van der Waals surface area contributed by atoms with Gasteiger partial charge in [-0.3, -0.25) is 9.69 Å². The van der Waals surface area contributed by atoms with E-state index in [4.69, 9.17) is 0 Å². The fourth-order valence-corrected chi connectivity index (χ4v) is 12.7. The van der Waals surface area contributed by atoms with Crippen LogP contribution >= 0.6 is 0 Å². The first kappa shape index (κ1) is 38.7. The van der Waals surface area contributed by atoms with Gasteiger partial charge in [0, 0.05) is 36.2 Å². The molecule has 6 bridgehead atoms. The second-order valence-electron chi connectivity index (χ2n) is 19.1. The van der Waals surface area contributed by atoms with Crippen molar-refractivity contribution in [3.05, 3.63) is 107 Å². The number of aliphatic hydroxyl groups is 4. The molecule has 10 rings (SSSR count). The molecule has 5 atom stereocenters. The third-order valence-corrected chi connectivity index (χ3v) is 15.1. The minimum absolute atomic E-state index is 0.0268. The van der Waals surface area contributed by atoms with Gasteiger partial charge in [-0.2, -0.15) is 0 Å². The Kier molecular flexibility index (Phi) is 11.0. The fourth-order valence-electron chi connectivity index (χ4n) is 12.7. The zero-order valence-corrected chi connectivity index (χ0v) is 33.1. The molecule has 0 saturated heterocycles. The van der Waals surface area contributed by atoms with Crippen LogP contribution < -0.4 is 0 Å². The minimum atomic E-state index is -1.07. The Morgan fingerprint density at radius 1 is 0.873 bits per heavy atom. The van der Waals surface area contributed by atoms with E-state index in [1.807, 2.05) is 48.5 Å². The number of carbonyl (C=O) groups excluding carboxylic acids is 1. The number of hydrogen-bond acceptors (Lipinski definition) is 6. The van der Waals surface area contributed by atoms with Crippen LogP contribution in [0.4, 0.5) is 0 Å². The Balaban J connectivity index is 1.15. The number of benzene rings is 3. The first-order chi connectivity index (χ1) is 26.4. The zero-order chi connectivity index (χ0) is 38.4. The van der Waals surface area contributed by atoms with Crippen LogP contribution in [0.1, 0.15) is 124 Å². The maximum atomic E-state index is 14.7. The van der Waals surface area contributed by atoms with Crippen LogP contribution in [0.15, 0.2) is 84.4 Å². The predicted molar refractivity (Wildman–Crippen MR) is 219 cm³/mol. The van der Waals surface area contributed by atoms with Gasteiger partial charge in [-0.05, 0) is 148 Å². The first-order valence-electron chi connectivity index (χ1n) is 21.4. The van der Waals surface area contributed by atoms with Crippen molar-refractivity contribution in [2.24, 2.45) is 28.6 Å². The van der Waals surface area contributed by atoms with E-state index in [0.29, 0.717) is 43.5 Å². The third-order valence-electron chi connectivity index (χ3n) is 15.1. The molecular weight excluding hydrogens is 683 g/mol. The summed E-state index contributed by atoms with van der Waals surface area (Å²) in [4.78, 5) is 17.0. The van der Waals surface area contributed by atoms with Crippen molar-refractivity contribution < 1.29 is 25.2 Å². The number of rotatable bonds is 10. The lowest BCUT2D eigenvalue weighted by Gasteiger charge is -2.58. The number of allylic oxidation sites excluding steroid dienone is 2. The molecule has 7 aliphatic carbocycles. The Labute approximate surface area is 328 Å². The molecule has 4 N–H and O–H groups in total. The lowest BCUT2D eigenvalue weighted by molar-refractivity contribution is -0.114. The van der Waals surface area contributed by atoms with E-state index in [1.54, 1.807) is 0 Å². The SMILES string of the molecule is CC1=CCC[C@@]2(C)[C@@H](CC[C@@]2(O)CN(C[C@H](O)CO)CC23CC4CC(CC(C4)C2)C3)c2ccc(cc2C(=O)c2ccc(-c3ccccc3)cc2)C[C@@H](O)CC1. The summed E-state index contributed by atoms with van der Waals surface area (Å²) < 4.78 is 0. The largest absolute Gasteiger partial charge is 0.394 e. The number of nitrogens with zero attached hydrogens (tertiary/aromatic N) is 1. The van der Waals surface area contributed by atoms with Crippen LogP contribution in [0.5, 0.6) is 0 Å². The van der Waals surface area contributed by atoms with Gasteiger partial charge in [-0.15, -0.1) is 0 Å². The summed E-state index contributed by atoms with van der Waals surface area (Å²) in [5.74, 6) is 2.31. The van der Waals surface area contributed by atoms with E-state index in [9.17, 15) is 25.2 Å². The number of carbonyl (C=O) groups is 1. The highest BCUT2D eigenvalue weighted by atomic mass is 16.3. The summed E-state index contributed by atoms with van der Waals surface area (Å²) >= 11 is 0. The summed E-state index contributed by atoms with van der Waals surface area (Å²) in [6, 6.07) is 24.3. The van der Waals surface area contributed by atoms with Crippen molar-refractivity contribution in [1.29, 1.82) is 0 Å². The fraction of sp³-hybridized carbons (Fsp3) is 0.571. The summed E-state index contributed by atoms with van der Waals surface area (Å²) in [6.07, 6.45) is 13.6. The Morgan fingerprint density at radius 2 is 1.55 bits per heavy atom. The van der Waals surface area contributed by atoms with E-state index in [1.165, 1.54) is 44.1 Å². The zero-order valence-electron chi connectivity index (χ0n) is 33.1. The van der Waals surface area contributed by atoms with Crippen molar-refractivity contribution in [1.82, 2.24) is 4.90 Å². The molecule has 6 nitrogen and oxygen atoms in total.